The van der Waals surface area contributed by atoms with E-state index in [1.807, 2.05) is 20.8 Å². The summed E-state index contributed by atoms with van der Waals surface area (Å²) in [5.41, 5.74) is 1.88. The Labute approximate surface area is 228 Å². The summed E-state index contributed by atoms with van der Waals surface area (Å²) in [6.45, 7) is 6.99. The maximum Gasteiger partial charge on any atom is 0.323 e. The second-order valence-electron chi connectivity index (χ2n) is 10.3. The van der Waals surface area contributed by atoms with Crippen molar-refractivity contribution in [2.45, 2.75) is 56.4 Å². The summed E-state index contributed by atoms with van der Waals surface area (Å²) in [7, 11) is -4.13. The smallest absolute Gasteiger partial charge is 0.323 e. The number of carbonyl (C=O) groups is 3. The number of sulfonamides is 1. The molecule has 2 aromatic rings. The maximum atomic E-state index is 12.8. The largest absolute Gasteiger partial charge is 0.480 e. The van der Waals surface area contributed by atoms with E-state index in [1.54, 1.807) is 36.4 Å². The van der Waals surface area contributed by atoms with Gasteiger partial charge in [-0.3, -0.25) is 24.7 Å². The van der Waals surface area contributed by atoms with Crippen molar-refractivity contribution in [2.75, 3.05) is 19.6 Å². The first-order valence-electron chi connectivity index (χ1n) is 12.7. The Morgan fingerprint density at radius 3 is 2.28 bits per heavy atom. The van der Waals surface area contributed by atoms with Gasteiger partial charge >= 0.3 is 5.97 Å². The van der Waals surface area contributed by atoms with Crippen LogP contribution < -0.4 is 20.7 Å². The molecule has 0 spiro atoms. The molecule has 0 aliphatic carbocycles. The van der Waals surface area contributed by atoms with Crippen molar-refractivity contribution in [1.29, 1.82) is 0 Å². The van der Waals surface area contributed by atoms with Crippen LogP contribution in [-0.4, -0.2) is 62.9 Å². The van der Waals surface area contributed by atoms with Crippen LogP contribution >= 0.6 is 0 Å². The molecule has 2 aromatic carbocycles. The first-order chi connectivity index (χ1) is 18.3. The SMILES string of the molecule is CC(C)(C)c1ccc(S(=O)(=O)NC(CNC(=O)c2ccc(CCC(=O)NC3=NCCCN3)cc2)C(=O)O)cc1. The predicted octanol–water partition coefficient (Wildman–Crippen LogP) is 1.54. The fraction of sp³-hybridized carbons (Fsp3) is 0.407. The number of nitrogens with zero attached hydrogens (tertiary/aromatic N) is 1. The zero-order valence-electron chi connectivity index (χ0n) is 22.3. The molecule has 0 bridgehead atoms. The van der Waals surface area contributed by atoms with Gasteiger partial charge in [-0.25, -0.2) is 8.42 Å². The normalized spacial score (nSPS) is 14.5. The number of benzene rings is 2. The molecule has 1 atom stereocenters. The number of guanidine groups is 1. The van der Waals surface area contributed by atoms with Crippen molar-refractivity contribution in [3.05, 3.63) is 65.2 Å². The van der Waals surface area contributed by atoms with Crippen molar-refractivity contribution < 1.29 is 27.9 Å². The fourth-order valence-electron chi connectivity index (χ4n) is 3.76. The highest BCUT2D eigenvalue weighted by molar-refractivity contribution is 7.89. The lowest BCUT2D eigenvalue weighted by Gasteiger charge is -2.20. The van der Waals surface area contributed by atoms with E-state index in [9.17, 15) is 27.9 Å². The number of hydrogen-bond acceptors (Lipinski definition) is 7. The van der Waals surface area contributed by atoms with Crippen LogP contribution in [0.1, 0.15) is 55.1 Å². The molecule has 1 aliphatic rings. The van der Waals surface area contributed by atoms with Crippen LogP contribution in [0.15, 0.2) is 58.4 Å². The van der Waals surface area contributed by atoms with E-state index in [4.69, 9.17) is 0 Å². The third-order valence-electron chi connectivity index (χ3n) is 6.10. The van der Waals surface area contributed by atoms with Gasteiger partial charge in [0.05, 0.1) is 4.90 Å². The van der Waals surface area contributed by atoms with Gasteiger partial charge in [0.1, 0.15) is 6.04 Å². The van der Waals surface area contributed by atoms with E-state index >= 15 is 0 Å². The van der Waals surface area contributed by atoms with Crippen LogP contribution in [0.4, 0.5) is 0 Å². The van der Waals surface area contributed by atoms with Gasteiger partial charge in [-0.2, -0.15) is 4.72 Å². The highest BCUT2D eigenvalue weighted by Gasteiger charge is 2.26. The minimum atomic E-state index is -4.13. The summed E-state index contributed by atoms with van der Waals surface area (Å²) in [5, 5.41) is 17.8. The van der Waals surface area contributed by atoms with Gasteiger partial charge in [-0.15, -0.1) is 0 Å². The number of nitrogens with one attached hydrogen (secondary N) is 4. The molecule has 210 valence electrons. The number of rotatable bonds is 10. The summed E-state index contributed by atoms with van der Waals surface area (Å²) in [6.07, 6.45) is 1.63. The van der Waals surface area contributed by atoms with E-state index in [2.05, 4.69) is 25.7 Å². The second kappa shape index (κ2) is 12.9. The predicted molar refractivity (Wildman–Crippen MR) is 147 cm³/mol. The third kappa shape index (κ3) is 8.89. The third-order valence-corrected chi connectivity index (χ3v) is 7.59. The van der Waals surface area contributed by atoms with E-state index in [0.29, 0.717) is 18.9 Å². The van der Waals surface area contributed by atoms with Crippen molar-refractivity contribution in [1.82, 2.24) is 20.7 Å². The molecule has 39 heavy (non-hydrogen) atoms. The maximum absolute atomic E-state index is 12.8. The average molecular weight is 558 g/mol. The van der Waals surface area contributed by atoms with Crippen LogP contribution in [0.3, 0.4) is 0 Å². The van der Waals surface area contributed by atoms with Crippen LogP contribution in [0.5, 0.6) is 0 Å². The summed E-state index contributed by atoms with van der Waals surface area (Å²) in [6, 6.07) is 11.2. The summed E-state index contributed by atoms with van der Waals surface area (Å²) < 4.78 is 27.7. The number of carboxylic acids is 1. The van der Waals surface area contributed by atoms with E-state index in [-0.39, 0.29) is 28.2 Å². The number of amides is 2. The quantitative estimate of drug-likeness (QED) is 0.295. The van der Waals surface area contributed by atoms with Gasteiger partial charge in [-0.05, 0) is 53.6 Å². The molecule has 12 heteroatoms. The number of aryl methyl sites for hydroxylation is 1. The Morgan fingerprint density at radius 2 is 1.72 bits per heavy atom. The van der Waals surface area contributed by atoms with Gasteiger partial charge in [0, 0.05) is 31.6 Å². The monoisotopic (exact) mass is 557 g/mol. The van der Waals surface area contributed by atoms with Crippen molar-refractivity contribution in [3.8, 4) is 0 Å². The molecule has 1 aliphatic heterocycles. The van der Waals surface area contributed by atoms with Crippen LogP contribution in [-0.2, 0) is 31.4 Å². The summed E-state index contributed by atoms with van der Waals surface area (Å²) >= 11 is 0. The average Bonchev–Trinajstić information content (AvgIpc) is 2.90. The van der Waals surface area contributed by atoms with Gasteiger partial charge in [0.15, 0.2) is 5.96 Å². The fourth-order valence-corrected chi connectivity index (χ4v) is 4.95. The van der Waals surface area contributed by atoms with Gasteiger partial charge < -0.3 is 15.7 Å². The van der Waals surface area contributed by atoms with Gasteiger partial charge in [0.2, 0.25) is 15.9 Å². The van der Waals surface area contributed by atoms with E-state index in [1.165, 1.54) is 12.1 Å². The first-order valence-corrected chi connectivity index (χ1v) is 14.1. The molecule has 1 unspecified atom stereocenters. The number of aliphatic carboxylic acids is 1. The molecule has 0 saturated carbocycles. The van der Waals surface area contributed by atoms with E-state index in [0.717, 1.165) is 24.1 Å². The molecule has 5 N–H and O–H groups in total. The van der Waals surface area contributed by atoms with Crippen molar-refractivity contribution >= 4 is 33.8 Å². The van der Waals surface area contributed by atoms with Crippen LogP contribution in [0, 0.1) is 0 Å². The molecule has 0 radical (unpaired) electrons. The van der Waals surface area contributed by atoms with Gasteiger partial charge in [0.25, 0.3) is 5.91 Å². The minimum absolute atomic E-state index is 0.0691. The summed E-state index contributed by atoms with van der Waals surface area (Å²) in [4.78, 5) is 40.5. The molecule has 3 rings (SSSR count). The minimum Gasteiger partial charge on any atom is -0.480 e. The summed E-state index contributed by atoms with van der Waals surface area (Å²) in [5.74, 6) is -1.66. The first kappa shape index (κ1) is 29.8. The van der Waals surface area contributed by atoms with Gasteiger partial charge in [-0.1, -0.05) is 45.0 Å². The molecule has 2 amide bonds. The molecule has 0 saturated heterocycles. The number of aliphatic imine (C=N–C) groups is 1. The lowest BCUT2D eigenvalue weighted by molar-refractivity contribution is -0.138. The standard InChI is InChI=1S/C27H35N5O6S/c1-27(2,3)20-10-12-21(13-11-20)39(37,38)32-22(25(35)36)17-30-24(34)19-8-5-18(6-9-19)7-14-23(33)31-26-28-15-4-16-29-26/h5-6,8-13,22,32H,4,7,14-17H2,1-3H3,(H,30,34)(H,35,36)(H2,28,29,31,33). The Hall–Kier alpha value is -3.77. The topological polar surface area (TPSA) is 166 Å². The molecule has 0 fully saturated rings. The van der Waals surface area contributed by atoms with Crippen molar-refractivity contribution in [2.24, 2.45) is 4.99 Å². The Bertz CT molecular complexity index is 1320. The van der Waals surface area contributed by atoms with E-state index < -0.39 is 34.5 Å². The molecular weight excluding hydrogens is 522 g/mol. The van der Waals surface area contributed by atoms with Crippen molar-refractivity contribution in [3.63, 3.8) is 0 Å². The lowest BCUT2D eigenvalue weighted by Crippen LogP contribution is -2.48. The highest BCUT2D eigenvalue weighted by Crippen LogP contribution is 2.23. The Balaban J connectivity index is 1.52. The number of carbonyl (C=O) groups excluding carboxylic acids is 2. The zero-order chi connectivity index (χ0) is 28.6. The molecule has 11 nitrogen and oxygen atoms in total. The molecule has 0 aromatic heterocycles. The Morgan fingerprint density at radius 1 is 1.05 bits per heavy atom. The molecule has 1 heterocycles. The zero-order valence-corrected chi connectivity index (χ0v) is 23.1. The number of hydrogen-bond donors (Lipinski definition) is 5. The number of carboxylic acid groups (broad SMARTS) is 1. The lowest BCUT2D eigenvalue weighted by atomic mass is 9.87. The highest BCUT2D eigenvalue weighted by atomic mass is 32.2. The molecular formula is C27H35N5O6S. The second-order valence-corrected chi connectivity index (χ2v) is 12.0. The Kier molecular flexibility index (Phi) is 9.81. The van der Waals surface area contributed by atoms with Crippen LogP contribution in [0.2, 0.25) is 0 Å². The van der Waals surface area contributed by atoms with Crippen LogP contribution in [0.25, 0.3) is 0 Å².